The Hall–Kier alpha value is -3.82. The van der Waals surface area contributed by atoms with Gasteiger partial charge in [0.2, 0.25) is 5.88 Å². The highest BCUT2D eigenvalue weighted by molar-refractivity contribution is 7.17. The third-order valence-electron chi connectivity index (χ3n) is 5.91. The Morgan fingerprint density at radius 1 is 1.11 bits per heavy atom. The molecule has 0 aliphatic rings. The Bertz CT molecular complexity index is 1410. The number of benzene rings is 2. The first-order chi connectivity index (χ1) is 17.5. The van der Waals surface area contributed by atoms with E-state index in [0.29, 0.717) is 19.1 Å². The molecule has 0 N–H and O–H groups in total. The second-order valence-electron chi connectivity index (χ2n) is 8.34. The Balaban J connectivity index is 1.48. The molecule has 0 saturated carbocycles. The van der Waals surface area contributed by atoms with E-state index in [9.17, 15) is 4.79 Å². The highest BCUT2D eigenvalue weighted by atomic mass is 32.1. The summed E-state index contributed by atoms with van der Waals surface area (Å²) in [5.74, 6) is 6.96. The number of aromatic nitrogens is 1. The van der Waals surface area contributed by atoms with E-state index in [-0.39, 0.29) is 18.3 Å². The number of carbonyl (C=O) groups excluding carboxylic acids is 1. The zero-order chi connectivity index (χ0) is 25.5. The van der Waals surface area contributed by atoms with Gasteiger partial charge < -0.3 is 14.2 Å². The van der Waals surface area contributed by atoms with Crippen LogP contribution in [-0.4, -0.2) is 24.7 Å². The predicted octanol–water partition coefficient (Wildman–Crippen LogP) is 6.92. The van der Waals surface area contributed by atoms with Gasteiger partial charge in [0, 0.05) is 33.5 Å². The molecule has 0 spiro atoms. The first-order valence-electron chi connectivity index (χ1n) is 11.8. The Kier molecular flexibility index (Phi) is 8.24. The predicted molar refractivity (Wildman–Crippen MR) is 145 cm³/mol. The largest absolute Gasteiger partial charge is 0.489 e. The summed E-state index contributed by atoms with van der Waals surface area (Å²) in [5.41, 5.74) is 5.44. The number of rotatable bonds is 9. The summed E-state index contributed by atoms with van der Waals surface area (Å²) in [7, 11) is 1.63. The molecule has 0 saturated heterocycles. The van der Waals surface area contributed by atoms with E-state index in [1.165, 1.54) is 15.6 Å². The van der Waals surface area contributed by atoms with Gasteiger partial charge in [-0.2, -0.15) is 0 Å². The van der Waals surface area contributed by atoms with Crippen LogP contribution >= 0.6 is 11.3 Å². The van der Waals surface area contributed by atoms with Crippen molar-refractivity contribution in [3.63, 3.8) is 0 Å². The molecule has 184 valence electrons. The van der Waals surface area contributed by atoms with Gasteiger partial charge in [0.1, 0.15) is 12.4 Å². The van der Waals surface area contributed by atoms with Crippen LogP contribution in [0.1, 0.15) is 42.9 Å². The quantitative estimate of drug-likeness (QED) is 0.185. The van der Waals surface area contributed by atoms with Crippen molar-refractivity contribution in [2.24, 2.45) is 0 Å². The van der Waals surface area contributed by atoms with Crippen molar-refractivity contribution in [1.82, 2.24) is 4.98 Å². The minimum Gasteiger partial charge on any atom is -0.489 e. The molecule has 2 aromatic carbocycles. The summed E-state index contributed by atoms with van der Waals surface area (Å²) in [5, 5.41) is 3.36. The van der Waals surface area contributed by atoms with Gasteiger partial charge in [0.25, 0.3) is 0 Å². The lowest BCUT2D eigenvalue weighted by Crippen LogP contribution is -2.09. The molecule has 6 heteroatoms. The first-order valence-corrected chi connectivity index (χ1v) is 12.7. The van der Waals surface area contributed by atoms with E-state index in [4.69, 9.17) is 14.2 Å². The van der Waals surface area contributed by atoms with Crippen LogP contribution in [0.25, 0.3) is 21.2 Å². The van der Waals surface area contributed by atoms with E-state index < -0.39 is 0 Å². The summed E-state index contributed by atoms with van der Waals surface area (Å²) < 4.78 is 17.6. The average molecular weight is 500 g/mol. The lowest BCUT2D eigenvalue weighted by atomic mass is 9.96. The number of carbonyl (C=O) groups is 1. The normalized spacial score (nSPS) is 11.4. The average Bonchev–Trinajstić information content (AvgIpc) is 3.30. The van der Waals surface area contributed by atoms with Crippen LogP contribution < -0.4 is 9.47 Å². The second kappa shape index (κ2) is 11.7. The third kappa shape index (κ3) is 5.87. The van der Waals surface area contributed by atoms with Crippen molar-refractivity contribution in [1.29, 1.82) is 0 Å². The SMILES string of the molecule is CC#C[C@@H](CC(=O)OCC)c1ccc(OCc2ccc3scc(-c4cnc(OC)cc4C)c3c2)cc1. The molecule has 0 amide bonds. The number of methoxy groups -OCH3 is 1. The number of ether oxygens (including phenoxy) is 3. The topological polar surface area (TPSA) is 57.7 Å². The van der Waals surface area contributed by atoms with Crippen LogP contribution in [0.5, 0.6) is 11.6 Å². The minimum absolute atomic E-state index is 0.196. The van der Waals surface area contributed by atoms with Crippen molar-refractivity contribution < 1.29 is 19.0 Å². The smallest absolute Gasteiger partial charge is 0.307 e. The first kappa shape index (κ1) is 25.3. The van der Waals surface area contributed by atoms with Gasteiger partial charge in [0.15, 0.2) is 0 Å². The molecule has 0 unspecified atom stereocenters. The van der Waals surface area contributed by atoms with Crippen molar-refractivity contribution in [3.8, 4) is 34.6 Å². The third-order valence-corrected chi connectivity index (χ3v) is 6.87. The van der Waals surface area contributed by atoms with E-state index in [1.807, 2.05) is 36.5 Å². The molecule has 36 heavy (non-hydrogen) atoms. The number of thiophene rings is 1. The molecule has 4 aromatic rings. The Morgan fingerprint density at radius 2 is 1.92 bits per heavy atom. The fourth-order valence-corrected chi connectivity index (χ4v) is 5.02. The van der Waals surface area contributed by atoms with E-state index in [0.717, 1.165) is 28.0 Å². The molecule has 2 heterocycles. The maximum Gasteiger partial charge on any atom is 0.307 e. The van der Waals surface area contributed by atoms with Crippen LogP contribution in [0.2, 0.25) is 0 Å². The molecule has 4 rings (SSSR count). The highest BCUT2D eigenvalue weighted by Crippen LogP contribution is 2.36. The summed E-state index contributed by atoms with van der Waals surface area (Å²) >= 11 is 1.72. The zero-order valence-corrected chi connectivity index (χ0v) is 21.8. The molecule has 2 aromatic heterocycles. The van der Waals surface area contributed by atoms with Crippen molar-refractivity contribution >= 4 is 27.4 Å². The number of pyridine rings is 1. The summed E-state index contributed by atoms with van der Waals surface area (Å²) in [4.78, 5) is 16.3. The van der Waals surface area contributed by atoms with Crippen LogP contribution in [0.3, 0.4) is 0 Å². The second-order valence-corrected chi connectivity index (χ2v) is 9.25. The molecular weight excluding hydrogens is 470 g/mol. The maximum atomic E-state index is 11.9. The number of aryl methyl sites for hydroxylation is 1. The van der Waals surface area contributed by atoms with Gasteiger partial charge in [-0.05, 0) is 67.1 Å². The van der Waals surface area contributed by atoms with E-state index >= 15 is 0 Å². The number of esters is 1. The lowest BCUT2D eigenvalue weighted by Gasteiger charge is -2.12. The number of hydrogen-bond donors (Lipinski definition) is 0. The van der Waals surface area contributed by atoms with Crippen LogP contribution in [0.15, 0.2) is 60.1 Å². The molecule has 0 aliphatic carbocycles. The van der Waals surface area contributed by atoms with Gasteiger partial charge in [-0.3, -0.25) is 4.79 Å². The Labute approximate surface area is 216 Å². The number of nitrogens with zero attached hydrogens (tertiary/aromatic N) is 1. The van der Waals surface area contributed by atoms with Gasteiger partial charge in [-0.15, -0.1) is 17.3 Å². The van der Waals surface area contributed by atoms with Crippen molar-refractivity contribution in [3.05, 3.63) is 76.8 Å². The van der Waals surface area contributed by atoms with Crippen molar-refractivity contribution in [2.75, 3.05) is 13.7 Å². The molecular formula is C30H29NO4S. The lowest BCUT2D eigenvalue weighted by molar-refractivity contribution is -0.143. The molecule has 1 atom stereocenters. The fraction of sp³-hybridized carbons (Fsp3) is 0.267. The van der Waals surface area contributed by atoms with Crippen LogP contribution in [-0.2, 0) is 16.1 Å². The highest BCUT2D eigenvalue weighted by Gasteiger charge is 2.15. The molecule has 0 fully saturated rings. The maximum absolute atomic E-state index is 11.9. The zero-order valence-electron chi connectivity index (χ0n) is 21.0. The van der Waals surface area contributed by atoms with Gasteiger partial charge in [0.05, 0.1) is 26.1 Å². The van der Waals surface area contributed by atoms with E-state index in [2.05, 4.69) is 47.3 Å². The number of hydrogen-bond acceptors (Lipinski definition) is 6. The molecule has 5 nitrogen and oxygen atoms in total. The molecule has 0 radical (unpaired) electrons. The minimum atomic E-state index is -0.241. The van der Waals surface area contributed by atoms with Crippen molar-refractivity contribution in [2.45, 2.75) is 39.7 Å². The summed E-state index contributed by atoms with van der Waals surface area (Å²) in [6.45, 7) is 6.47. The summed E-state index contributed by atoms with van der Waals surface area (Å²) in [6, 6.07) is 16.2. The standard InChI is InChI=1S/C30H29NO4S/c1-5-7-23(16-30(32)34-6-2)22-9-11-24(12-10-22)35-18-21-8-13-28-25(15-21)27(19-36-28)26-17-31-29(33-4)14-20(26)3/h8-15,17,19,23H,6,16,18H2,1-4H3/t23-/m0/s1. The van der Waals surface area contributed by atoms with Crippen LogP contribution in [0, 0.1) is 18.8 Å². The fourth-order valence-electron chi connectivity index (χ4n) is 4.07. The summed E-state index contributed by atoms with van der Waals surface area (Å²) in [6.07, 6.45) is 2.11. The Morgan fingerprint density at radius 3 is 2.61 bits per heavy atom. The molecule has 0 aliphatic heterocycles. The number of fused-ring (bicyclic) bond motifs is 1. The van der Waals surface area contributed by atoms with Gasteiger partial charge >= 0.3 is 5.97 Å². The molecule has 0 bridgehead atoms. The van der Waals surface area contributed by atoms with Crippen LogP contribution in [0.4, 0.5) is 0 Å². The monoisotopic (exact) mass is 499 g/mol. The van der Waals surface area contributed by atoms with Gasteiger partial charge in [-0.25, -0.2) is 4.98 Å². The van der Waals surface area contributed by atoms with Gasteiger partial charge in [-0.1, -0.05) is 24.1 Å². The van der Waals surface area contributed by atoms with E-state index in [1.54, 1.807) is 32.3 Å².